The fraction of sp³-hybridized carbons (Fsp3) is 0.550. The Morgan fingerprint density at radius 1 is 1.07 bits per heavy atom. The zero-order chi connectivity index (χ0) is 18.9. The van der Waals surface area contributed by atoms with Crippen LogP contribution in [0.25, 0.3) is 0 Å². The molecule has 2 saturated heterocycles. The summed E-state index contributed by atoms with van der Waals surface area (Å²) in [6, 6.07) is 5.09. The SMILES string of the molecule is O=C(NC1COC2C(Nc3nccc(C4CCCC4)n3)COC12)c1ccco1. The van der Waals surface area contributed by atoms with Gasteiger partial charge in [0.05, 0.1) is 31.6 Å². The summed E-state index contributed by atoms with van der Waals surface area (Å²) in [5.74, 6) is 1.19. The average molecular weight is 384 g/mol. The minimum Gasteiger partial charge on any atom is -0.459 e. The number of nitrogens with one attached hydrogen (secondary N) is 2. The number of aromatic nitrogens is 2. The Kier molecular flexibility index (Phi) is 4.74. The predicted octanol–water partition coefficient (Wildman–Crippen LogP) is 2.10. The summed E-state index contributed by atoms with van der Waals surface area (Å²) in [4.78, 5) is 21.3. The molecule has 4 unspecified atom stereocenters. The molecule has 2 aromatic heterocycles. The number of hydrogen-bond acceptors (Lipinski definition) is 7. The van der Waals surface area contributed by atoms with E-state index in [0.717, 1.165) is 5.69 Å². The fourth-order valence-electron chi connectivity index (χ4n) is 4.45. The van der Waals surface area contributed by atoms with Crippen LogP contribution < -0.4 is 10.6 Å². The van der Waals surface area contributed by atoms with Crippen molar-refractivity contribution in [2.24, 2.45) is 0 Å². The topological polar surface area (TPSA) is 98.5 Å². The van der Waals surface area contributed by atoms with Crippen molar-refractivity contribution in [1.82, 2.24) is 15.3 Å². The molecule has 4 heterocycles. The third kappa shape index (κ3) is 3.38. The highest BCUT2D eigenvalue weighted by Crippen LogP contribution is 2.33. The average Bonchev–Trinajstić information content (AvgIpc) is 3.50. The van der Waals surface area contributed by atoms with Gasteiger partial charge in [-0.3, -0.25) is 4.79 Å². The highest BCUT2D eigenvalue weighted by atomic mass is 16.6. The molecule has 0 bridgehead atoms. The Balaban J connectivity index is 1.22. The molecular formula is C20H24N4O4. The Morgan fingerprint density at radius 2 is 1.86 bits per heavy atom. The number of carbonyl (C=O) groups excluding carboxylic acids is 1. The van der Waals surface area contributed by atoms with Gasteiger partial charge in [0, 0.05) is 17.8 Å². The largest absolute Gasteiger partial charge is 0.459 e. The maximum Gasteiger partial charge on any atom is 0.287 e. The van der Waals surface area contributed by atoms with Crippen molar-refractivity contribution < 1.29 is 18.7 Å². The van der Waals surface area contributed by atoms with Gasteiger partial charge in [-0.25, -0.2) is 9.97 Å². The smallest absolute Gasteiger partial charge is 0.287 e. The highest BCUT2D eigenvalue weighted by molar-refractivity contribution is 5.91. The Hall–Kier alpha value is -2.45. The third-order valence-corrected chi connectivity index (χ3v) is 5.88. The van der Waals surface area contributed by atoms with Crippen LogP contribution in [0.3, 0.4) is 0 Å². The molecule has 28 heavy (non-hydrogen) atoms. The monoisotopic (exact) mass is 384 g/mol. The lowest BCUT2D eigenvalue weighted by atomic mass is 10.0. The van der Waals surface area contributed by atoms with Crippen LogP contribution in [0.15, 0.2) is 35.1 Å². The van der Waals surface area contributed by atoms with Crippen LogP contribution in [0.1, 0.15) is 47.8 Å². The first-order chi connectivity index (χ1) is 13.8. The minimum atomic E-state index is -0.258. The Labute approximate surface area is 163 Å². The van der Waals surface area contributed by atoms with Gasteiger partial charge in [0.15, 0.2) is 5.76 Å². The van der Waals surface area contributed by atoms with Gasteiger partial charge in [-0.2, -0.15) is 0 Å². The maximum atomic E-state index is 12.2. The highest BCUT2D eigenvalue weighted by Gasteiger charge is 2.48. The summed E-state index contributed by atoms with van der Waals surface area (Å²) in [6.45, 7) is 0.891. The molecule has 5 rings (SSSR count). The van der Waals surface area contributed by atoms with E-state index in [9.17, 15) is 4.79 Å². The van der Waals surface area contributed by atoms with Gasteiger partial charge in [-0.05, 0) is 31.0 Å². The van der Waals surface area contributed by atoms with Crippen molar-refractivity contribution in [2.45, 2.75) is 55.9 Å². The van der Waals surface area contributed by atoms with E-state index in [1.54, 1.807) is 12.1 Å². The minimum absolute atomic E-state index is 0.0469. The first kappa shape index (κ1) is 17.6. The molecule has 2 N–H and O–H groups in total. The molecular weight excluding hydrogens is 360 g/mol. The van der Waals surface area contributed by atoms with Crippen molar-refractivity contribution in [3.63, 3.8) is 0 Å². The first-order valence-corrected chi connectivity index (χ1v) is 9.95. The van der Waals surface area contributed by atoms with Crippen molar-refractivity contribution >= 4 is 11.9 Å². The van der Waals surface area contributed by atoms with Crippen LogP contribution in [0, 0.1) is 0 Å². The molecule has 8 heteroatoms. The summed E-state index contributed by atoms with van der Waals surface area (Å²) < 4.78 is 17.0. The van der Waals surface area contributed by atoms with E-state index in [0.29, 0.717) is 25.1 Å². The molecule has 3 fully saturated rings. The molecule has 3 aliphatic rings. The van der Waals surface area contributed by atoms with Crippen molar-refractivity contribution in [2.75, 3.05) is 18.5 Å². The first-order valence-electron chi connectivity index (χ1n) is 9.95. The number of hydrogen-bond donors (Lipinski definition) is 2. The van der Waals surface area contributed by atoms with Crippen LogP contribution in [0.2, 0.25) is 0 Å². The number of ether oxygens (including phenoxy) is 2. The molecule has 1 aliphatic carbocycles. The summed E-state index contributed by atoms with van der Waals surface area (Å²) in [5.41, 5.74) is 1.11. The Bertz CT molecular complexity index is 821. The van der Waals surface area contributed by atoms with Crippen LogP contribution >= 0.6 is 0 Å². The standard InChI is InChI=1S/C20H24N4O4/c25-19(16-6-3-9-26-16)22-14-10-27-18-15(11-28-17(14)18)24-20-21-8-7-13(23-20)12-4-1-2-5-12/h3,6-9,12,14-15,17-18H,1-2,4-5,10-11H2,(H,22,25)(H,21,23,24). The molecule has 8 nitrogen and oxygen atoms in total. The molecule has 2 aromatic rings. The number of amides is 1. The van der Waals surface area contributed by atoms with E-state index in [-0.39, 0.29) is 36.0 Å². The summed E-state index contributed by atoms with van der Waals surface area (Å²) in [7, 11) is 0. The van der Waals surface area contributed by atoms with E-state index in [1.165, 1.54) is 31.9 Å². The van der Waals surface area contributed by atoms with Gasteiger partial charge in [-0.15, -0.1) is 0 Å². The number of carbonyl (C=O) groups is 1. The van der Waals surface area contributed by atoms with E-state index in [4.69, 9.17) is 18.9 Å². The van der Waals surface area contributed by atoms with Crippen molar-refractivity contribution in [3.8, 4) is 0 Å². The number of rotatable bonds is 5. The normalized spacial score (nSPS) is 29.7. The third-order valence-electron chi connectivity index (χ3n) is 5.88. The Morgan fingerprint density at radius 3 is 2.64 bits per heavy atom. The molecule has 2 aliphatic heterocycles. The lowest BCUT2D eigenvalue weighted by molar-refractivity contribution is 0.0646. The number of fused-ring (bicyclic) bond motifs is 1. The van der Waals surface area contributed by atoms with Crippen LogP contribution in [-0.4, -0.2) is 53.4 Å². The second-order valence-electron chi connectivity index (χ2n) is 7.69. The predicted molar refractivity (Wildman–Crippen MR) is 100 cm³/mol. The van der Waals surface area contributed by atoms with Gasteiger partial charge in [0.2, 0.25) is 5.95 Å². The lowest BCUT2D eigenvalue weighted by Crippen LogP contribution is -2.44. The van der Waals surface area contributed by atoms with E-state index in [2.05, 4.69) is 15.6 Å². The van der Waals surface area contributed by atoms with E-state index < -0.39 is 0 Å². The van der Waals surface area contributed by atoms with Gasteiger partial charge in [-0.1, -0.05) is 12.8 Å². The molecule has 4 atom stereocenters. The van der Waals surface area contributed by atoms with Crippen molar-refractivity contribution in [3.05, 3.63) is 42.1 Å². The number of furan rings is 1. The van der Waals surface area contributed by atoms with Crippen LogP contribution in [-0.2, 0) is 9.47 Å². The zero-order valence-corrected chi connectivity index (χ0v) is 15.5. The lowest BCUT2D eigenvalue weighted by Gasteiger charge is -2.18. The molecule has 148 valence electrons. The zero-order valence-electron chi connectivity index (χ0n) is 15.5. The second-order valence-corrected chi connectivity index (χ2v) is 7.69. The molecule has 1 saturated carbocycles. The number of nitrogens with zero attached hydrogens (tertiary/aromatic N) is 2. The van der Waals surface area contributed by atoms with Crippen LogP contribution in [0.4, 0.5) is 5.95 Å². The molecule has 0 spiro atoms. The second kappa shape index (κ2) is 7.52. The van der Waals surface area contributed by atoms with E-state index >= 15 is 0 Å². The van der Waals surface area contributed by atoms with Gasteiger partial charge < -0.3 is 24.5 Å². The number of anilines is 1. The van der Waals surface area contributed by atoms with E-state index in [1.807, 2.05) is 12.3 Å². The molecule has 0 aromatic carbocycles. The summed E-state index contributed by atoms with van der Waals surface area (Å²) >= 11 is 0. The summed E-state index contributed by atoms with van der Waals surface area (Å²) in [5, 5.41) is 6.32. The quantitative estimate of drug-likeness (QED) is 0.814. The molecule has 0 radical (unpaired) electrons. The van der Waals surface area contributed by atoms with Gasteiger partial charge in [0.25, 0.3) is 5.91 Å². The van der Waals surface area contributed by atoms with Crippen molar-refractivity contribution in [1.29, 1.82) is 0 Å². The molecule has 1 amide bonds. The van der Waals surface area contributed by atoms with Gasteiger partial charge in [0.1, 0.15) is 12.2 Å². The van der Waals surface area contributed by atoms with Gasteiger partial charge >= 0.3 is 0 Å². The van der Waals surface area contributed by atoms with Crippen LogP contribution in [0.5, 0.6) is 0 Å². The fourth-order valence-corrected chi connectivity index (χ4v) is 4.45. The summed E-state index contributed by atoms with van der Waals surface area (Å²) in [6.07, 6.45) is 7.90. The maximum absolute atomic E-state index is 12.2.